The first-order chi connectivity index (χ1) is 22.9. The summed E-state index contributed by atoms with van der Waals surface area (Å²) in [6.07, 6.45) is 8.97. The number of hydrogen-bond donors (Lipinski definition) is 0. The molecule has 0 bridgehead atoms. The summed E-state index contributed by atoms with van der Waals surface area (Å²) in [5.74, 6) is 0. The second-order valence-electron chi connectivity index (χ2n) is 11.8. The van der Waals surface area contributed by atoms with Crippen LogP contribution in [-0.2, 0) is 0 Å². The van der Waals surface area contributed by atoms with Gasteiger partial charge in [-0.25, -0.2) is 0 Å². The summed E-state index contributed by atoms with van der Waals surface area (Å²) < 4.78 is 0. The van der Waals surface area contributed by atoms with Gasteiger partial charge in [0.1, 0.15) is 57.0 Å². The highest BCUT2D eigenvalue weighted by Crippen LogP contribution is 2.73. The van der Waals surface area contributed by atoms with E-state index in [4.69, 9.17) is 0 Å². The Bertz CT molecular complexity index is 1560. The molecule has 6 aromatic rings. The lowest BCUT2D eigenvalue weighted by Crippen LogP contribution is -2.37. The molecule has 1 aliphatic rings. The molecule has 0 N–H and O–H groups in total. The van der Waals surface area contributed by atoms with Crippen LogP contribution in [0.2, 0.25) is 0 Å². The zero-order valence-electron chi connectivity index (χ0n) is 26.2. The normalized spacial score (nSPS) is 16.3. The van der Waals surface area contributed by atoms with E-state index in [1.165, 1.54) is 31.8 Å². The maximum absolute atomic E-state index is 2.43. The standard InChI is InChI=1S/C44H40P2/c1-2-22-36-44(46(40-29-15-6-16-30-40,41-31-17-7-18-32-41)42-33-19-8-20-34-42)43(35-21-1)45(37-23-9-3-10-24-37,38-25-11-4-12-26-38)39-27-13-5-14-28-39/h1-20,23-34H,21-22,35-36H2/q+2/b2-1-,44-43-. The van der Waals surface area contributed by atoms with Crippen LogP contribution in [0.4, 0.5) is 0 Å². The predicted molar refractivity (Wildman–Crippen MR) is 205 cm³/mol. The van der Waals surface area contributed by atoms with Crippen molar-refractivity contribution in [1.82, 2.24) is 0 Å². The Morgan fingerprint density at radius 2 is 0.457 bits per heavy atom. The lowest BCUT2D eigenvalue weighted by atomic mass is 10.1. The minimum atomic E-state index is -2.32. The zero-order valence-corrected chi connectivity index (χ0v) is 28.0. The topological polar surface area (TPSA) is 0 Å². The van der Waals surface area contributed by atoms with Crippen LogP contribution in [-0.4, -0.2) is 0 Å². The molecule has 0 amide bonds. The molecule has 7 rings (SSSR count). The molecule has 0 aromatic heterocycles. The van der Waals surface area contributed by atoms with Gasteiger partial charge in [0.2, 0.25) is 0 Å². The third kappa shape index (κ3) is 5.41. The summed E-state index contributed by atoms with van der Waals surface area (Å²) in [6, 6.07) is 68.8. The van der Waals surface area contributed by atoms with Crippen molar-refractivity contribution in [2.45, 2.75) is 25.7 Å². The van der Waals surface area contributed by atoms with E-state index in [0.29, 0.717) is 0 Å². The molecule has 0 radical (unpaired) electrons. The molecular weight excluding hydrogens is 590 g/mol. The van der Waals surface area contributed by atoms with Crippen molar-refractivity contribution in [3.63, 3.8) is 0 Å². The second-order valence-corrected chi connectivity index (χ2v) is 18.7. The quantitative estimate of drug-likeness (QED) is 0.116. The summed E-state index contributed by atoms with van der Waals surface area (Å²) >= 11 is 0. The molecule has 46 heavy (non-hydrogen) atoms. The van der Waals surface area contributed by atoms with Crippen LogP contribution in [0.15, 0.2) is 205 Å². The fourth-order valence-electron chi connectivity index (χ4n) is 7.43. The van der Waals surface area contributed by atoms with Crippen LogP contribution in [0.3, 0.4) is 0 Å². The average Bonchev–Trinajstić information content (AvgIpc) is 3.13. The van der Waals surface area contributed by atoms with Gasteiger partial charge in [-0.1, -0.05) is 121 Å². The van der Waals surface area contributed by atoms with Gasteiger partial charge in [0.25, 0.3) is 0 Å². The molecule has 0 aliphatic heterocycles. The highest BCUT2D eigenvalue weighted by atomic mass is 31.2. The lowest BCUT2D eigenvalue weighted by Gasteiger charge is -2.36. The highest BCUT2D eigenvalue weighted by Gasteiger charge is 2.58. The van der Waals surface area contributed by atoms with Crippen LogP contribution in [0.25, 0.3) is 0 Å². The summed E-state index contributed by atoms with van der Waals surface area (Å²) in [5.41, 5.74) is 0. The smallest absolute Gasteiger partial charge is 0.0881 e. The molecule has 0 atom stereocenters. The lowest BCUT2D eigenvalue weighted by molar-refractivity contribution is 0.935. The first-order valence-corrected chi connectivity index (χ1v) is 19.9. The monoisotopic (exact) mass is 630 g/mol. The van der Waals surface area contributed by atoms with Crippen molar-refractivity contribution in [1.29, 1.82) is 0 Å². The van der Waals surface area contributed by atoms with Crippen molar-refractivity contribution in [3.8, 4) is 0 Å². The first-order valence-electron chi connectivity index (χ1n) is 16.4. The van der Waals surface area contributed by atoms with Gasteiger partial charge in [-0.05, 0) is 85.6 Å². The molecule has 0 fully saturated rings. The van der Waals surface area contributed by atoms with Gasteiger partial charge in [-0.2, -0.15) is 0 Å². The summed E-state index contributed by atoms with van der Waals surface area (Å²) in [7, 11) is -4.63. The molecule has 224 valence electrons. The van der Waals surface area contributed by atoms with Crippen LogP contribution in [0.5, 0.6) is 0 Å². The van der Waals surface area contributed by atoms with Gasteiger partial charge < -0.3 is 0 Å². The van der Waals surface area contributed by atoms with Crippen molar-refractivity contribution < 1.29 is 0 Å². The molecule has 0 unspecified atom stereocenters. The minimum absolute atomic E-state index is 1.02. The van der Waals surface area contributed by atoms with Crippen molar-refractivity contribution in [3.05, 3.63) is 205 Å². The fraction of sp³-hybridized carbons (Fsp3) is 0.0909. The Labute approximate surface area is 275 Å². The van der Waals surface area contributed by atoms with Crippen molar-refractivity contribution in [2.24, 2.45) is 0 Å². The minimum Gasteiger partial charge on any atom is -0.0881 e. The average molecular weight is 631 g/mol. The number of benzene rings is 6. The maximum atomic E-state index is 2.43. The van der Waals surface area contributed by atoms with E-state index in [1.807, 2.05) is 0 Å². The maximum Gasteiger partial charge on any atom is 0.143 e. The molecule has 2 heteroatoms. The van der Waals surface area contributed by atoms with Crippen LogP contribution < -0.4 is 31.8 Å². The molecule has 0 heterocycles. The van der Waals surface area contributed by atoms with Crippen LogP contribution in [0, 0.1) is 0 Å². The van der Waals surface area contributed by atoms with Crippen LogP contribution in [0.1, 0.15) is 25.7 Å². The Morgan fingerprint density at radius 1 is 0.261 bits per heavy atom. The molecule has 0 spiro atoms. The Balaban J connectivity index is 1.73. The summed E-state index contributed by atoms with van der Waals surface area (Å²) in [6.45, 7) is 0. The zero-order chi connectivity index (χ0) is 31.1. The van der Waals surface area contributed by atoms with Gasteiger partial charge in [-0.15, -0.1) is 0 Å². The van der Waals surface area contributed by atoms with Crippen molar-refractivity contribution in [2.75, 3.05) is 0 Å². The Hall–Kier alpha value is -4.34. The van der Waals surface area contributed by atoms with E-state index < -0.39 is 14.5 Å². The highest BCUT2D eigenvalue weighted by molar-refractivity contribution is 8.02. The third-order valence-electron chi connectivity index (χ3n) is 9.27. The van der Waals surface area contributed by atoms with E-state index in [-0.39, 0.29) is 0 Å². The molecule has 0 saturated heterocycles. The van der Waals surface area contributed by atoms with E-state index in [1.54, 1.807) is 10.6 Å². The van der Waals surface area contributed by atoms with E-state index in [9.17, 15) is 0 Å². The summed E-state index contributed by atoms with van der Waals surface area (Å²) in [5, 5.41) is 11.9. The predicted octanol–water partition coefficient (Wildman–Crippen LogP) is 9.32. The van der Waals surface area contributed by atoms with Gasteiger partial charge in [0.05, 0.1) is 0 Å². The van der Waals surface area contributed by atoms with Gasteiger partial charge >= 0.3 is 0 Å². The molecular formula is C44H40P2+2. The molecule has 1 aliphatic carbocycles. The summed E-state index contributed by atoms with van der Waals surface area (Å²) in [4.78, 5) is 0. The first kappa shape index (κ1) is 30.3. The number of rotatable bonds is 8. The Kier molecular flexibility index (Phi) is 9.21. The van der Waals surface area contributed by atoms with Crippen molar-refractivity contribution >= 4 is 46.4 Å². The Morgan fingerprint density at radius 3 is 0.652 bits per heavy atom. The molecule has 0 saturated carbocycles. The van der Waals surface area contributed by atoms with Gasteiger partial charge in [0, 0.05) is 12.8 Å². The SMILES string of the molecule is C1=C\CC/C([P+](c2ccccc2)(c2ccccc2)c2ccccc2)=C(/[P+](c2ccccc2)(c2ccccc2)c2ccccc2)CC/1. The molecule has 6 aromatic carbocycles. The van der Waals surface area contributed by atoms with Gasteiger partial charge in [0.15, 0.2) is 0 Å². The third-order valence-corrected chi connectivity index (χ3v) is 18.5. The van der Waals surface area contributed by atoms with Crippen LogP contribution >= 0.6 is 14.5 Å². The number of allylic oxidation sites excluding steroid dienone is 4. The van der Waals surface area contributed by atoms with E-state index >= 15 is 0 Å². The van der Waals surface area contributed by atoms with Gasteiger partial charge in [-0.3, -0.25) is 0 Å². The fourth-order valence-corrected chi connectivity index (χ4v) is 17.6. The largest absolute Gasteiger partial charge is 0.143 e. The van der Waals surface area contributed by atoms with E-state index in [2.05, 4.69) is 194 Å². The van der Waals surface area contributed by atoms with E-state index in [0.717, 1.165) is 25.7 Å². The number of hydrogen-bond acceptors (Lipinski definition) is 0. The second kappa shape index (κ2) is 14.0. The molecule has 0 nitrogen and oxygen atoms in total.